The van der Waals surface area contributed by atoms with E-state index in [0.717, 1.165) is 38.4 Å². The maximum atomic E-state index is 11.5. The lowest BCUT2D eigenvalue weighted by molar-refractivity contribution is -0.119. The minimum Gasteiger partial charge on any atom is -0.393 e. The first kappa shape index (κ1) is 27.0. The van der Waals surface area contributed by atoms with Crippen LogP contribution in [0.25, 0.3) is 0 Å². The molecule has 4 N–H and O–H groups in total. The Hall–Kier alpha value is -1.26. The molecule has 1 fully saturated rings. The Bertz CT molecular complexity index is 850. The van der Waals surface area contributed by atoms with Crippen molar-refractivity contribution in [2.24, 2.45) is 11.8 Å². The van der Waals surface area contributed by atoms with Crippen LogP contribution in [0.2, 0.25) is 0 Å². The molecule has 0 saturated heterocycles. The number of nitrogens with one attached hydrogen (secondary N) is 1. The molecule has 5 atom stereocenters. The smallest absolute Gasteiger partial charge is 0.233 e. The minimum atomic E-state index is -3.50. The average molecular weight is 488 g/mol. The standard InChI is InChI=1S/C23H37NO6S2/c1-16-17(13-14-31-16)9-10-18(25)11-12-20-19(21(26)15-22(20)27)7-5-3-4-6-8-23(28)24-32(2,29)30/h11-14,18-22,25-27H,3-10,15H2,1-2H3,(H,24,28)/b12-11+/t18-,19+,20+,21-,22+/m0/s1. The van der Waals surface area contributed by atoms with Gasteiger partial charge in [-0.2, -0.15) is 0 Å². The Kier molecular flexibility index (Phi) is 10.8. The van der Waals surface area contributed by atoms with E-state index in [1.807, 2.05) is 10.8 Å². The number of carbonyl (C=O) groups excluding carboxylic acids is 1. The molecule has 7 nitrogen and oxygen atoms in total. The topological polar surface area (TPSA) is 124 Å². The van der Waals surface area contributed by atoms with Gasteiger partial charge in [-0.05, 0) is 55.5 Å². The van der Waals surface area contributed by atoms with Crippen molar-refractivity contribution in [3.8, 4) is 0 Å². The molecule has 0 spiro atoms. The summed E-state index contributed by atoms with van der Waals surface area (Å²) in [6.45, 7) is 2.08. The number of hydrogen-bond donors (Lipinski definition) is 4. The molecular weight excluding hydrogens is 450 g/mol. The molecule has 1 aromatic heterocycles. The van der Waals surface area contributed by atoms with Crippen molar-refractivity contribution in [1.82, 2.24) is 4.72 Å². The van der Waals surface area contributed by atoms with E-state index in [1.54, 1.807) is 17.4 Å². The lowest BCUT2D eigenvalue weighted by Crippen LogP contribution is -2.28. The number of hydrogen-bond acceptors (Lipinski definition) is 7. The molecule has 1 amide bonds. The highest BCUT2D eigenvalue weighted by Gasteiger charge is 2.39. The second kappa shape index (κ2) is 12.8. The summed E-state index contributed by atoms with van der Waals surface area (Å²) >= 11 is 1.70. The summed E-state index contributed by atoms with van der Waals surface area (Å²) in [6.07, 6.45) is 8.64. The molecule has 1 heterocycles. The van der Waals surface area contributed by atoms with E-state index in [9.17, 15) is 28.5 Å². The van der Waals surface area contributed by atoms with Gasteiger partial charge in [-0.1, -0.05) is 31.4 Å². The first-order valence-corrected chi connectivity index (χ1v) is 14.1. The Morgan fingerprint density at radius 2 is 1.97 bits per heavy atom. The first-order chi connectivity index (χ1) is 15.1. The van der Waals surface area contributed by atoms with E-state index >= 15 is 0 Å². The van der Waals surface area contributed by atoms with Crippen LogP contribution in [0.1, 0.15) is 61.8 Å². The molecule has 0 bridgehead atoms. The molecule has 182 valence electrons. The molecule has 1 aromatic rings. The summed E-state index contributed by atoms with van der Waals surface area (Å²) in [7, 11) is -3.50. The van der Waals surface area contributed by atoms with Crippen molar-refractivity contribution in [3.63, 3.8) is 0 Å². The van der Waals surface area contributed by atoms with Crippen LogP contribution in [0.4, 0.5) is 0 Å². The molecule has 0 aliphatic heterocycles. The van der Waals surface area contributed by atoms with Gasteiger partial charge in [0.15, 0.2) is 0 Å². The third-order valence-electron chi connectivity index (χ3n) is 6.14. The molecule has 1 aliphatic rings. The van der Waals surface area contributed by atoms with Crippen LogP contribution < -0.4 is 4.72 Å². The SMILES string of the molecule is Cc1sccc1CC[C@H](O)/C=C/[C@@H]1[C@@H](CCCCCCC(=O)NS(C)(=O)=O)[C@@H](O)C[C@H]1O. The Morgan fingerprint density at radius 3 is 2.62 bits per heavy atom. The number of unbranched alkanes of at least 4 members (excludes halogenated alkanes) is 3. The highest BCUT2D eigenvalue weighted by molar-refractivity contribution is 7.89. The molecule has 1 saturated carbocycles. The van der Waals surface area contributed by atoms with Crippen LogP contribution in [0, 0.1) is 18.8 Å². The molecule has 0 radical (unpaired) electrons. The number of carbonyl (C=O) groups is 1. The van der Waals surface area contributed by atoms with Crippen molar-refractivity contribution in [1.29, 1.82) is 0 Å². The maximum absolute atomic E-state index is 11.5. The van der Waals surface area contributed by atoms with Gasteiger partial charge in [0.05, 0.1) is 24.6 Å². The van der Waals surface area contributed by atoms with Gasteiger partial charge in [0.25, 0.3) is 0 Å². The van der Waals surface area contributed by atoms with Crippen molar-refractivity contribution >= 4 is 27.3 Å². The lowest BCUT2D eigenvalue weighted by atomic mass is 9.87. The van der Waals surface area contributed by atoms with Gasteiger partial charge in [0.2, 0.25) is 15.9 Å². The van der Waals surface area contributed by atoms with Crippen LogP contribution in [0.3, 0.4) is 0 Å². The lowest BCUT2D eigenvalue weighted by Gasteiger charge is -2.21. The van der Waals surface area contributed by atoms with Crippen LogP contribution in [0.15, 0.2) is 23.6 Å². The van der Waals surface area contributed by atoms with Gasteiger partial charge in [-0.3, -0.25) is 9.52 Å². The Morgan fingerprint density at radius 1 is 1.25 bits per heavy atom. The molecular formula is C23H37NO6S2. The number of thiophene rings is 1. The van der Waals surface area contributed by atoms with E-state index in [0.29, 0.717) is 19.3 Å². The predicted molar refractivity (Wildman–Crippen MR) is 127 cm³/mol. The highest BCUT2D eigenvalue weighted by Crippen LogP contribution is 2.37. The fraction of sp³-hybridized carbons (Fsp3) is 0.696. The van der Waals surface area contributed by atoms with Crippen LogP contribution >= 0.6 is 11.3 Å². The van der Waals surface area contributed by atoms with Gasteiger partial charge < -0.3 is 15.3 Å². The second-order valence-electron chi connectivity index (χ2n) is 8.85. The van der Waals surface area contributed by atoms with Crippen LogP contribution in [0.5, 0.6) is 0 Å². The average Bonchev–Trinajstić information content (AvgIpc) is 3.21. The summed E-state index contributed by atoms with van der Waals surface area (Å²) in [4.78, 5) is 12.8. The van der Waals surface area contributed by atoms with Gasteiger partial charge >= 0.3 is 0 Å². The maximum Gasteiger partial charge on any atom is 0.233 e. The van der Waals surface area contributed by atoms with Crippen molar-refractivity contribution in [2.75, 3.05) is 6.26 Å². The fourth-order valence-electron chi connectivity index (χ4n) is 4.38. The number of rotatable bonds is 13. The molecule has 9 heteroatoms. The summed E-state index contributed by atoms with van der Waals surface area (Å²) in [5.41, 5.74) is 1.26. The summed E-state index contributed by atoms with van der Waals surface area (Å²) in [5.74, 6) is -0.719. The zero-order valence-electron chi connectivity index (χ0n) is 18.9. The zero-order chi connectivity index (χ0) is 23.7. The van der Waals surface area contributed by atoms with E-state index in [2.05, 4.69) is 18.4 Å². The minimum absolute atomic E-state index is 0.0545. The van der Waals surface area contributed by atoms with Crippen molar-refractivity contribution in [3.05, 3.63) is 34.0 Å². The Labute approximate surface area is 195 Å². The summed E-state index contributed by atoms with van der Waals surface area (Å²) < 4.78 is 24.0. The van der Waals surface area contributed by atoms with Crippen LogP contribution in [-0.4, -0.2) is 54.2 Å². The predicted octanol–water partition coefficient (Wildman–Crippen LogP) is 2.68. The van der Waals surface area contributed by atoms with Crippen molar-refractivity contribution in [2.45, 2.75) is 83.0 Å². The Balaban J connectivity index is 1.72. The van der Waals surface area contributed by atoms with Crippen molar-refractivity contribution < 1.29 is 28.5 Å². The summed E-state index contributed by atoms with van der Waals surface area (Å²) in [6, 6.07) is 2.08. The third kappa shape index (κ3) is 9.31. The zero-order valence-corrected chi connectivity index (χ0v) is 20.6. The van der Waals surface area contributed by atoms with Crippen LogP contribution in [-0.2, 0) is 21.2 Å². The van der Waals surface area contributed by atoms with Gasteiger partial charge in [-0.25, -0.2) is 8.42 Å². The largest absolute Gasteiger partial charge is 0.393 e. The third-order valence-corrected chi connectivity index (χ3v) is 7.62. The quantitative estimate of drug-likeness (QED) is 0.251. The molecule has 2 rings (SSSR count). The number of sulfonamides is 1. The molecule has 32 heavy (non-hydrogen) atoms. The normalized spacial score (nSPS) is 24.8. The number of amides is 1. The van der Waals surface area contributed by atoms with E-state index < -0.39 is 34.2 Å². The molecule has 0 aromatic carbocycles. The first-order valence-electron chi connectivity index (χ1n) is 11.3. The van der Waals surface area contributed by atoms with Gasteiger partial charge in [0.1, 0.15) is 0 Å². The number of aliphatic hydroxyl groups is 3. The number of aliphatic hydroxyl groups excluding tert-OH is 3. The van der Waals surface area contributed by atoms with Gasteiger partial charge in [-0.15, -0.1) is 11.3 Å². The molecule has 0 unspecified atom stereocenters. The van der Waals surface area contributed by atoms with E-state index in [4.69, 9.17) is 0 Å². The monoisotopic (exact) mass is 487 g/mol. The van der Waals surface area contributed by atoms with E-state index in [1.165, 1.54) is 10.4 Å². The van der Waals surface area contributed by atoms with Gasteiger partial charge in [0, 0.05) is 23.6 Å². The fourth-order valence-corrected chi connectivity index (χ4v) is 5.65. The summed E-state index contributed by atoms with van der Waals surface area (Å²) in [5, 5.41) is 33.1. The number of aryl methyl sites for hydroxylation is 2. The van der Waals surface area contributed by atoms with E-state index in [-0.39, 0.29) is 18.3 Å². The molecule has 1 aliphatic carbocycles. The highest BCUT2D eigenvalue weighted by atomic mass is 32.2. The second-order valence-corrected chi connectivity index (χ2v) is 11.7.